The Labute approximate surface area is 202 Å². The van der Waals surface area contributed by atoms with Crippen LogP contribution in [0, 0.1) is 5.92 Å². The molecule has 0 spiro atoms. The fourth-order valence-electron chi connectivity index (χ4n) is 5.29. The fourth-order valence-corrected chi connectivity index (χ4v) is 5.29. The van der Waals surface area contributed by atoms with Crippen molar-refractivity contribution in [3.63, 3.8) is 0 Å². The van der Waals surface area contributed by atoms with Crippen LogP contribution in [-0.4, -0.2) is 76.0 Å². The van der Waals surface area contributed by atoms with Gasteiger partial charge in [-0.05, 0) is 48.2 Å². The highest BCUT2D eigenvalue weighted by atomic mass is 16.4. The first-order valence-electron chi connectivity index (χ1n) is 12.3. The van der Waals surface area contributed by atoms with Crippen molar-refractivity contribution in [1.29, 1.82) is 0 Å². The van der Waals surface area contributed by atoms with Crippen molar-refractivity contribution in [2.24, 2.45) is 5.92 Å². The third kappa shape index (κ3) is 3.76. The zero-order valence-electron chi connectivity index (χ0n) is 19.4. The molecule has 1 aliphatic carbocycles. The lowest BCUT2D eigenvalue weighted by Crippen LogP contribution is -2.58. The summed E-state index contributed by atoms with van der Waals surface area (Å²) in [5, 5.41) is 0. The van der Waals surface area contributed by atoms with Gasteiger partial charge in [-0.1, -0.05) is 12.1 Å². The molecular formula is C26H27N7O2. The maximum Gasteiger partial charge on any atom is 0.292 e. The van der Waals surface area contributed by atoms with E-state index in [0.717, 1.165) is 65.7 Å². The van der Waals surface area contributed by atoms with Crippen molar-refractivity contribution in [1.82, 2.24) is 24.8 Å². The Hall–Kier alpha value is -3.72. The number of amides is 1. The molecule has 4 aromatic rings. The SMILES string of the molecule is Nc1nc2cc(-c3ccc4ncc(N5CC(C(=O)N6CCN(C7CC7)CC6)C5)nc4c3)ccc2o1. The molecule has 0 radical (unpaired) electrons. The number of aromatic nitrogens is 3. The second-order valence-corrected chi connectivity index (χ2v) is 9.86. The zero-order valence-corrected chi connectivity index (χ0v) is 19.4. The quantitative estimate of drug-likeness (QED) is 0.487. The van der Waals surface area contributed by atoms with Crippen molar-refractivity contribution in [3.05, 3.63) is 42.6 Å². The van der Waals surface area contributed by atoms with Crippen molar-refractivity contribution >= 4 is 39.9 Å². The Kier molecular flexibility index (Phi) is 4.66. The molecular weight excluding hydrogens is 442 g/mol. The minimum Gasteiger partial charge on any atom is -0.424 e. The number of hydrogen-bond acceptors (Lipinski definition) is 8. The van der Waals surface area contributed by atoms with E-state index in [2.05, 4.69) is 24.7 Å². The average molecular weight is 470 g/mol. The molecule has 7 rings (SSSR count). The molecule has 2 N–H and O–H groups in total. The number of hydrogen-bond donors (Lipinski definition) is 1. The third-order valence-electron chi connectivity index (χ3n) is 7.51. The molecule has 9 nitrogen and oxygen atoms in total. The van der Waals surface area contributed by atoms with E-state index in [1.54, 1.807) is 6.20 Å². The predicted molar refractivity (Wildman–Crippen MR) is 134 cm³/mol. The number of benzene rings is 2. The molecule has 0 bridgehead atoms. The summed E-state index contributed by atoms with van der Waals surface area (Å²) in [4.78, 5) is 33.4. The average Bonchev–Trinajstić information content (AvgIpc) is 3.63. The van der Waals surface area contributed by atoms with Crippen LogP contribution in [0.15, 0.2) is 47.0 Å². The molecule has 2 aromatic carbocycles. The molecule has 178 valence electrons. The van der Waals surface area contributed by atoms with Crippen LogP contribution in [0.4, 0.5) is 11.8 Å². The van der Waals surface area contributed by atoms with Crippen LogP contribution in [0.1, 0.15) is 12.8 Å². The smallest absolute Gasteiger partial charge is 0.292 e. The van der Waals surface area contributed by atoms with Gasteiger partial charge in [-0.2, -0.15) is 4.98 Å². The van der Waals surface area contributed by atoms with E-state index < -0.39 is 0 Å². The number of anilines is 2. The highest BCUT2D eigenvalue weighted by molar-refractivity contribution is 5.86. The van der Waals surface area contributed by atoms with E-state index in [0.29, 0.717) is 18.7 Å². The van der Waals surface area contributed by atoms with Gasteiger partial charge in [0.25, 0.3) is 6.01 Å². The van der Waals surface area contributed by atoms with Gasteiger partial charge < -0.3 is 20.0 Å². The normalized spacial score (nSPS) is 19.4. The Bertz CT molecular complexity index is 1430. The maximum absolute atomic E-state index is 13.0. The Morgan fingerprint density at radius 1 is 0.914 bits per heavy atom. The topological polar surface area (TPSA) is 105 Å². The van der Waals surface area contributed by atoms with Crippen molar-refractivity contribution in [3.8, 4) is 11.1 Å². The van der Waals surface area contributed by atoms with E-state index in [9.17, 15) is 4.79 Å². The van der Waals surface area contributed by atoms with Gasteiger partial charge >= 0.3 is 0 Å². The lowest BCUT2D eigenvalue weighted by molar-refractivity contribution is -0.138. The molecule has 2 saturated heterocycles. The molecule has 3 aliphatic rings. The van der Waals surface area contributed by atoms with Crippen molar-refractivity contribution < 1.29 is 9.21 Å². The number of rotatable bonds is 4. The minimum atomic E-state index is 0.0490. The van der Waals surface area contributed by atoms with E-state index in [1.165, 1.54) is 12.8 Å². The highest BCUT2D eigenvalue weighted by Gasteiger charge is 2.38. The molecule has 1 amide bonds. The van der Waals surface area contributed by atoms with Gasteiger partial charge in [0.05, 0.1) is 23.1 Å². The maximum atomic E-state index is 13.0. The molecule has 0 unspecified atom stereocenters. The van der Waals surface area contributed by atoms with Gasteiger partial charge in [0, 0.05) is 45.3 Å². The van der Waals surface area contributed by atoms with Crippen LogP contribution in [0.2, 0.25) is 0 Å². The molecule has 3 fully saturated rings. The zero-order chi connectivity index (χ0) is 23.5. The number of nitrogen functional groups attached to an aromatic ring is 1. The van der Waals surface area contributed by atoms with Crippen molar-refractivity contribution in [2.75, 3.05) is 49.9 Å². The Morgan fingerprint density at radius 3 is 2.43 bits per heavy atom. The molecule has 2 aliphatic heterocycles. The lowest BCUT2D eigenvalue weighted by atomic mass is 9.98. The van der Waals surface area contributed by atoms with Crippen molar-refractivity contribution in [2.45, 2.75) is 18.9 Å². The van der Waals surface area contributed by atoms with Crippen LogP contribution in [0.5, 0.6) is 0 Å². The van der Waals surface area contributed by atoms with E-state index in [-0.39, 0.29) is 17.8 Å². The Morgan fingerprint density at radius 2 is 1.66 bits per heavy atom. The number of oxazole rings is 1. The second-order valence-electron chi connectivity index (χ2n) is 9.86. The van der Waals surface area contributed by atoms with Crippen LogP contribution < -0.4 is 10.6 Å². The van der Waals surface area contributed by atoms with Crippen LogP contribution in [0.3, 0.4) is 0 Å². The molecule has 9 heteroatoms. The summed E-state index contributed by atoms with van der Waals surface area (Å²) in [6.45, 7) is 5.15. The van der Waals surface area contributed by atoms with Crippen LogP contribution >= 0.6 is 0 Å². The van der Waals surface area contributed by atoms with Gasteiger partial charge in [-0.3, -0.25) is 14.7 Å². The monoisotopic (exact) mass is 469 g/mol. The number of nitrogens with zero attached hydrogens (tertiary/aromatic N) is 6. The number of nitrogens with two attached hydrogens (primary N) is 1. The van der Waals surface area contributed by atoms with E-state index >= 15 is 0 Å². The predicted octanol–water partition coefficient (Wildman–Crippen LogP) is 2.76. The van der Waals surface area contributed by atoms with Gasteiger partial charge in [0.15, 0.2) is 5.58 Å². The molecule has 35 heavy (non-hydrogen) atoms. The lowest BCUT2D eigenvalue weighted by Gasteiger charge is -2.43. The second kappa shape index (κ2) is 7.91. The summed E-state index contributed by atoms with van der Waals surface area (Å²) in [5.74, 6) is 1.15. The number of piperazine rings is 1. The number of fused-ring (bicyclic) bond motifs is 2. The van der Waals surface area contributed by atoms with Crippen LogP contribution in [-0.2, 0) is 4.79 Å². The van der Waals surface area contributed by atoms with Gasteiger partial charge in [0.1, 0.15) is 11.3 Å². The van der Waals surface area contributed by atoms with Gasteiger partial charge in [0.2, 0.25) is 5.91 Å². The summed E-state index contributed by atoms with van der Waals surface area (Å²) in [6, 6.07) is 12.8. The Balaban J connectivity index is 1.05. The first kappa shape index (κ1) is 20.6. The number of carbonyl (C=O) groups is 1. The summed E-state index contributed by atoms with van der Waals surface area (Å²) < 4.78 is 5.38. The largest absolute Gasteiger partial charge is 0.424 e. The number of carbonyl (C=O) groups excluding carboxylic acids is 1. The third-order valence-corrected chi connectivity index (χ3v) is 7.51. The summed E-state index contributed by atoms with van der Waals surface area (Å²) in [5.41, 5.74) is 10.8. The summed E-state index contributed by atoms with van der Waals surface area (Å²) >= 11 is 0. The van der Waals surface area contributed by atoms with Crippen LogP contribution in [0.25, 0.3) is 33.3 Å². The van der Waals surface area contributed by atoms with Gasteiger partial charge in [-0.25, -0.2) is 4.98 Å². The summed E-state index contributed by atoms with van der Waals surface area (Å²) in [6.07, 6.45) is 4.46. The first-order valence-corrected chi connectivity index (χ1v) is 12.3. The molecule has 4 heterocycles. The van der Waals surface area contributed by atoms with E-state index in [1.807, 2.05) is 36.4 Å². The van der Waals surface area contributed by atoms with E-state index in [4.69, 9.17) is 15.1 Å². The van der Waals surface area contributed by atoms with Gasteiger partial charge in [-0.15, -0.1) is 0 Å². The minimum absolute atomic E-state index is 0.0490. The summed E-state index contributed by atoms with van der Waals surface area (Å²) in [7, 11) is 0. The first-order chi connectivity index (χ1) is 17.1. The highest BCUT2D eigenvalue weighted by Crippen LogP contribution is 2.31. The standard InChI is InChI=1S/C26H27N7O2/c27-26-30-22-12-17(2-6-23(22)35-26)16-1-5-20-21(11-16)29-24(13-28-20)33-14-18(15-33)25(34)32-9-7-31(8-10-32)19-3-4-19/h1-2,5-6,11-13,18-19H,3-4,7-10,14-15H2,(H2,27,30). The molecule has 0 atom stereocenters. The molecule has 1 saturated carbocycles. The molecule has 2 aromatic heterocycles. The fraction of sp³-hybridized carbons (Fsp3) is 0.385.